The summed E-state index contributed by atoms with van der Waals surface area (Å²) in [5.74, 6) is 0.511. The zero-order chi connectivity index (χ0) is 16.4. The summed E-state index contributed by atoms with van der Waals surface area (Å²) < 4.78 is 11.2. The average molecular weight is 312 g/mol. The Labute approximate surface area is 133 Å². The SMILES string of the molecule is COc1cc2c(cc1C=Cc1cc(C(=O)O)ncn1)OC(C)C2. The van der Waals surface area contributed by atoms with E-state index in [-0.39, 0.29) is 11.8 Å². The van der Waals surface area contributed by atoms with Gasteiger partial charge in [-0.25, -0.2) is 14.8 Å². The van der Waals surface area contributed by atoms with E-state index in [1.807, 2.05) is 25.1 Å². The molecule has 0 saturated carbocycles. The number of ether oxygens (including phenoxy) is 2. The molecule has 0 amide bonds. The highest BCUT2D eigenvalue weighted by Crippen LogP contribution is 2.35. The summed E-state index contributed by atoms with van der Waals surface area (Å²) in [4.78, 5) is 18.7. The summed E-state index contributed by atoms with van der Waals surface area (Å²) in [5.41, 5.74) is 2.43. The van der Waals surface area contributed by atoms with E-state index in [4.69, 9.17) is 14.6 Å². The number of carboxylic acids is 1. The van der Waals surface area contributed by atoms with Crippen LogP contribution < -0.4 is 9.47 Å². The number of fused-ring (bicyclic) bond motifs is 1. The van der Waals surface area contributed by atoms with Gasteiger partial charge in [-0.3, -0.25) is 0 Å². The molecule has 1 atom stereocenters. The highest BCUT2D eigenvalue weighted by Gasteiger charge is 2.21. The van der Waals surface area contributed by atoms with Crippen molar-refractivity contribution in [2.75, 3.05) is 7.11 Å². The van der Waals surface area contributed by atoms with Crippen LogP contribution in [0.15, 0.2) is 24.5 Å². The van der Waals surface area contributed by atoms with E-state index < -0.39 is 5.97 Å². The first-order valence-corrected chi connectivity index (χ1v) is 7.18. The van der Waals surface area contributed by atoms with Crippen LogP contribution in [0.25, 0.3) is 12.2 Å². The van der Waals surface area contributed by atoms with Crippen LogP contribution in [0.3, 0.4) is 0 Å². The number of nitrogens with zero attached hydrogens (tertiary/aromatic N) is 2. The van der Waals surface area contributed by atoms with E-state index in [1.165, 1.54) is 12.4 Å². The minimum atomic E-state index is -1.08. The van der Waals surface area contributed by atoms with E-state index in [2.05, 4.69) is 9.97 Å². The maximum Gasteiger partial charge on any atom is 0.354 e. The van der Waals surface area contributed by atoms with Gasteiger partial charge in [0.15, 0.2) is 5.69 Å². The normalized spacial score (nSPS) is 16.2. The zero-order valence-corrected chi connectivity index (χ0v) is 12.8. The Morgan fingerprint density at radius 3 is 2.91 bits per heavy atom. The summed E-state index contributed by atoms with van der Waals surface area (Å²) in [7, 11) is 1.62. The number of methoxy groups -OCH3 is 1. The van der Waals surface area contributed by atoms with E-state index in [9.17, 15) is 4.79 Å². The van der Waals surface area contributed by atoms with E-state index in [1.54, 1.807) is 13.2 Å². The summed E-state index contributed by atoms with van der Waals surface area (Å²) in [6, 6.07) is 5.31. The largest absolute Gasteiger partial charge is 0.496 e. The molecule has 0 saturated heterocycles. The Kier molecular flexibility index (Phi) is 3.97. The summed E-state index contributed by atoms with van der Waals surface area (Å²) in [6.07, 6.45) is 5.79. The second kappa shape index (κ2) is 6.08. The van der Waals surface area contributed by atoms with Gasteiger partial charge < -0.3 is 14.6 Å². The average Bonchev–Trinajstić information content (AvgIpc) is 2.91. The number of carboxylic acid groups (broad SMARTS) is 1. The van der Waals surface area contributed by atoms with Crippen LogP contribution in [0.1, 0.15) is 34.2 Å². The van der Waals surface area contributed by atoms with Crippen molar-refractivity contribution in [1.29, 1.82) is 0 Å². The molecule has 118 valence electrons. The highest BCUT2D eigenvalue weighted by molar-refractivity contribution is 5.86. The minimum absolute atomic E-state index is 0.0438. The number of aromatic nitrogens is 2. The minimum Gasteiger partial charge on any atom is -0.496 e. The van der Waals surface area contributed by atoms with Gasteiger partial charge in [0.25, 0.3) is 0 Å². The van der Waals surface area contributed by atoms with Crippen molar-refractivity contribution in [1.82, 2.24) is 9.97 Å². The van der Waals surface area contributed by atoms with Gasteiger partial charge in [-0.15, -0.1) is 0 Å². The summed E-state index contributed by atoms with van der Waals surface area (Å²) in [6.45, 7) is 2.02. The lowest BCUT2D eigenvalue weighted by molar-refractivity contribution is 0.0690. The first kappa shape index (κ1) is 15.0. The first-order valence-electron chi connectivity index (χ1n) is 7.18. The van der Waals surface area contributed by atoms with Crippen molar-refractivity contribution in [3.63, 3.8) is 0 Å². The molecule has 1 N–H and O–H groups in total. The Morgan fingerprint density at radius 2 is 2.17 bits per heavy atom. The monoisotopic (exact) mass is 312 g/mol. The van der Waals surface area contributed by atoms with Crippen LogP contribution in [0.4, 0.5) is 0 Å². The number of rotatable bonds is 4. The predicted molar refractivity (Wildman–Crippen MR) is 84.7 cm³/mol. The van der Waals surface area contributed by atoms with Gasteiger partial charge in [0.2, 0.25) is 0 Å². The fourth-order valence-electron chi connectivity index (χ4n) is 2.52. The molecule has 1 unspecified atom stereocenters. The van der Waals surface area contributed by atoms with Crippen LogP contribution in [0, 0.1) is 0 Å². The lowest BCUT2D eigenvalue weighted by Gasteiger charge is -2.08. The molecule has 1 aliphatic rings. The van der Waals surface area contributed by atoms with Gasteiger partial charge in [0.05, 0.1) is 12.8 Å². The lowest BCUT2D eigenvalue weighted by Crippen LogP contribution is -2.05. The molecule has 6 heteroatoms. The van der Waals surface area contributed by atoms with Crippen molar-refractivity contribution < 1.29 is 19.4 Å². The Bertz CT molecular complexity index is 786. The summed E-state index contributed by atoms with van der Waals surface area (Å²) in [5, 5.41) is 8.96. The third-order valence-corrected chi connectivity index (χ3v) is 3.59. The first-order chi connectivity index (χ1) is 11.1. The molecule has 23 heavy (non-hydrogen) atoms. The molecule has 0 bridgehead atoms. The van der Waals surface area contributed by atoms with Gasteiger partial charge in [-0.05, 0) is 37.3 Å². The number of aromatic carboxylic acids is 1. The second-order valence-electron chi connectivity index (χ2n) is 5.30. The molecular formula is C17H16N2O4. The van der Waals surface area contributed by atoms with Crippen LogP contribution in [0.2, 0.25) is 0 Å². The third kappa shape index (κ3) is 3.15. The van der Waals surface area contributed by atoms with Crippen molar-refractivity contribution in [3.8, 4) is 11.5 Å². The molecule has 2 heterocycles. The molecule has 6 nitrogen and oxygen atoms in total. The van der Waals surface area contributed by atoms with Crippen molar-refractivity contribution in [2.24, 2.45) is 0 Å². The Hall–Kier alpha value is -2.89. The molecule has 1 aliphatic heterocycles. The molecule has 2 aromatic rings. The predicted octanol–water partition coefficient (Wildman–Crippen LogP) is 2.68. The van der Waals surface area contributed by atoms with Crippen LogP contribution in [-0.2, 0) is 6.42 Å². The number of hydrogen-bond donors (Lipinski definition) is 1. The molecular weight excluding hydrogens is 296 g/mol. The standard InChI is InChI=1S/C17H16N2O4/c1-10-5-12-7-15(22-2)11(6-16(12)23-10)3-4-13-8-14(17(20)21)19-9-18-13/h3-4,6-10H,5H2,1-2H3,(H,20,21). The fraction of sp³-hybridized carbons (Fsp3) is 0.235. The van der Waals surface area contributed by atoms with Crippen LogP contribution in [-0.4, -0.2) is 34.3 Å². The van der Waals surface area contributed by atoms with Gasteiger partial charge in [-0.1, -0.05) is 0 Å². The molecule has 0 radical (unpaired) electrons. The topological polar surface area (TPSA) is 81.5 Å². The van der Waals surface area contributed by atoms with Crippen molar-refractivity contribution in [2.45, 2.75) is 19.4 Å². The van der Waals surface area contributed by atoms with Gasteiger partial charge >= 0.3 is 5.97 Å². The molecule has 0 fully saturated rings. The maximum atomic E-state index is 10.9. The van der Waals surface area contributed by atoms with Crippen LogP contribution in [0.5, 0.6) is 11.5 Å². The van der Waals surface area contributed by atoms with Gasteiger partial charge in [0.1, 0.15) is 23.9 Å². The Balaban J connectivity index is 1.92. The number of benzene rings is 1. The Morgan fingerprint density at radius 1 is 1.35 bits per heavy atom. The fourth-order valence-corrected chi connectivity index (χ4v) is 2.52. The molecule has 1 aromatic heterocycles. The van der Waals surface area contributed by atoms with Crippen molar-refractivity contribution in [3.05, 3.63) is 47.0 Å². The number of hydrogen-bond acceptors (Lipinski definition) is 5. The third-order valence-electron chi connectivity index (χ3n) is 3.59. The smallest absolute Gasteiger partial charge is 0.354 e. The molecule has 0 aliphatic carbocycles. The van der Waals surface area contributed by atoms with E-state index in [0.717, 1.165) is 29.0 Å². The maximum absolute atomic E-state index is 10.9. The quantitative estimate of drug-likeness (QED) is 0.934. The van der Waals surface area contributed by atoms with Crippen LogP contribution >= 0.6 is 0 Å². The number of carbonyl (C=O) groups is 1. The summed E-state index contributed by atoms with van der Waals surface area (Å²) >= 11 is 0. The second-order valence-corrected chi connectivity index (χ2v) is 5.30. The highest BCUT2D eigenvalue weighted by atomic mass is 16.5. The molecule has 1 aromatic carbocycles. The van der Waals surface area contributed by atoms with Crippen molar-refractivity contribution >= 4 is 18.1 Å². The van der Waals surface area contributed by atoms with E-state index in [0.29, 0.717) is 5.69 Å². The molecule has 0 spiro atoms. The molecule has 3 rings (SSSR count). The van der Waals surface area contributed by atoms with E-state index >= 15 is 0 Å². The lowest BCUT2D eigenvalue weighted by atomic mass is 10.1. The zero-order valence-electron chi connectivity index (χ0n) is 12.8. The van der Waals surface area contributed by atoms with Gasteiger partial charge in [0, 0.05) is 17.5 Å². The van der Waals surface area contributed by atoms with Gasteiger partial charge in [-0.2, -0.15) is 0 Å².